The van der Waals surface area contributed by atoms with Crippen LogP contribution in [0.2, 0.25) is 0 Å². The third-order valence-electron chi connectivity index (χ3n) is 3.08. The van der Waals surface area contributed by atoms with Gasteiger partial charge in [0.2, 0.25) is 0 Å². The predicted molar refractivity (Wildman–Crippen MR) is 75.8 cm³/mol. The third-order valence-corrected chi connectivity index (χ3v) is 4.20. The second-order valence-electron chi connectivity index (χ2n) is 4.47. The number of rotatable bonds is 1. The van der Waals surface area contributed by atoms with Crippen LogP contribution >= 0.6 is 11.3 Å². The van der Waals surface area contributed by atoms with Crippen LogP contribution in [0, 0.1) is 18.0 Å². The first-order valence-electron chi connectivity index (χ1n) is 6.17. The van der Waals surface area contributed by atoms with Gasteiger partial charge in [-0.25, -0.2) is 4.98 Å². The molecule has 0 aliphatic carbocycles. The SMILES string of the molecule is Fc1nc(-c2cc3ccccc3s2)c2nc(F)c(F)nc2n1. The van der Waals surface area contributed by atoms with Crippen LogP contribution in [0.3, 0.4) is 0 Å². The predicted octanol–water partition coefficient (Wildman–Crippen LogP) is 3.72. The van der Waals surface area contributed by atoms with Crippen molar-refractivity contribution in [2.45, 2.75) is 0 Å². The number of fused-ring (bicyclic) bond motifs is 2. The van der Waals surface area contributed by atoms with Gasteiger partial charge in [0.25, 0.3) is 11.9 Å². The van der Waals surface area contributed by atoms with E-state index >= 15 is 0 Å². The zero-order chi connectivity index (χ0) is 15.3. The van der Waals surface area contributed by atoms with E-state index in [-0.39, 0.29) is 16.9 Å². The van der Waals surface area contributed by atoms with E-state index in [0.29, 0.717) is 4.88 Å². The fourth-order valence-corrected chi connectivity index (χ4v) is 3.20. The first kappa shape index (κ1) is 13.1. The molecule has 1 aromatic carbocycles. The molecule has 22 heavy (non-hydrogen) atoms. The number of halogens is 3. The summed E-state index contributed by atoms with van der Waals surface area (Å²) < 4.78 is 41.0. The number of benzene rings is 1. The van der Waals surface area contributed by atoms with Gasteiger partial charge in [0.05, 0.1) is 4.88 Å². The molecule has 3 heterocycles. The lowest BCUT2D eigenvalue weighted by molar-refractivity contribution is 0.456. The Morgan fingerprint density at radius 1 is 0.864 bits per heavy atom. The number of thiophene rings is 1. The maximum atomic E-state index is 13.6. The van der Waals surface area contributed by atoms with Crippen molar-refractivity contribution in [1.82, 2.24) is 19.9 Å². The van der Waals surface area contributed by atoms with Gasteiger partial charge in [-0.15, -0.1) is 11.3 Å². The zero-order valence-corrected chi connectivity index (χ0v) is 11.5. The molecule has 0 unspecified atom stereocenters. The van der Waals surface area contributed by atoms with Crippen molar-refractivity contribution in [2.24, 2.45) is 0 Å². The normalized spacial score (nSPS) is 11.4. The summed E-state index contributed by atoms with van der Waals surface area (Å²) in [6, 6.07) is 9.31. The van der Waals surface area contributed by atoms with Crippen LogP contribution in [0.4, 0.5) is 13.2 Å². The van der Waals surface area contributed by atoms with Crippen molar-refractivity contribution in [3.8, 4) is 10.6 Å². The molecule has 4 nitrogen and oxygen atoms in total. The Bertz CT molecular complexity index is 998. The Morgan fingerprint density at radius 2 is 1.64 bits per heavy atom. The molecule has 0 amide bonds. The highest BCUT2D eigenvalue weighted by Gasteiger charge is 2.18. The Hall–Kier alpha value is -2.61. The molecule has 0 N–H and O–H groups in total. The number of aromatic nitrogens is 4. The lowest BCUT2D eigenvalue weighted by Gasteiger charge is -2.02. The Labute approximate surface area is 125 Å². The minimum Gasteiger partial charge on any atom is -0.210 e. The topological polar surface area (TPSA) is 51.6 Å². The summed E-state index contributed by atoms with van der Waals surface area (Å²) in [6.07, 6.45) is -1.07. The van der Waals surface area contributed by atoms with E-state index in [9.17, 15) is 13.2 Å². The fraction of sp³-hybridized carbons (Fsp3) is 0. The molecular formula is C14H5F3N4S. The first-order chi connectivity index (χ1) is 10.6. The summed E-state index contributed by atoms with van der Waals surface area (Å²) >= 11 is 1.34. The van der Waals surface area contributed by atoms with Crippen LogP contribution in [0.5, 0.6) is 0 Å². The Balaban J connectivity index is 2.06. The summed E-state index contributed by atoms with van der Waals surface area (Å²) in [5, 5.41) is 0.935. The summed E-state index contributed by atoms with van der Waals surface area (Å²) in [5.41, 5.74) is -0.305. The lowest BCUT2D eigenvalue weighted by Crippen LogP contribution is -2.02. The summed E-state index contributed by atoms with van der Waals surface area (Å²) in [6.45, 7) is 0. The minimum atomic E-state index is -1.42. The molecule has 8 heteroatoms. The van der Waals surface area contributed by atoms with Crippen LogP contribution in [-0.2, 0) is 0 Å². The van der Waals surface area contributed by atoms with E-state index in [1.807, 2.05) is 24.3 Å². The van der Waals surface area contributed by atoms with E-state index < -0.39 is 18.0 Å². The van der Waals surface area contributed by atoms with Crippen molar-refractivity contribution in [3.05, 3.63) is 48.3 Å². The van der Waals surface area contributed by atoms with Gasteiger partial charge in [-0.05, 0) is 17.5 Å². The molecular weight excluding hydrogens is 313 g/mol. The first-order valence-corrected chi connectivity index (χ1v) is 6.99. The van der Waals surface area contributed by atoms with Gasteiger partial charge >= 0.3 is 6.08 Å². The fourth-order valence-electron chi connectivity index (χ4n) is 2.15. The van der Waals surface area contributed by atoms with Crippen LogP contribution in [-0.4, -0.2) is 19.9 Å². The van der Waals surface area contributed by atoms with Gasteiger partial charge in [0.1, 0.15) is 11.2 Å². The van der Waals surface area contributed by atoms with Gasteiger partial charge in [-0.1, -0.05) is 18.2 Å². The van der Waals surface area contributed by atoms with Crippen molar-refractivity contribution >= 4 is 32.6 Å². The Morgan fingerprint density at radius 3 is 2.45 bits per heavy atom. The van der Waals surface area contributed by atoms with Gasteiger partial charge in [0.15, 0.2) is 5.65 Å². The zero-order valence-electron chi connectivity index (χ0n) is 10.7. The smallest absolute Gasteiger partial charge is 0.210 e. The highest BCUT2D eigenvalue weighted by atomic mass is 32.1. The standard InChI is InChI=1S/C14H5F3N4S/c15-11-12(16)20-13-10(18-11)9(19-14(17)21-13)8-5-6-3-1-2-4-7(6)22-8/h1-5H. The molecule has 0 fully saturated rings. The molecule has 0 aliphatic rings. The summed E-state index contributed by atoms with van der Waals surface area (Å²) in [5.74, 6) is -2.79. The van der Waals surface area contributed by atoms with E-state index in [1.54, 1.807) is 6.07 Å². The second-order valence-corrected chi connectivity index (χ2v) is 5.55. The van der Waals surface area contributed by atoms with E-state index in [1.165, 1.54) is 11.3 Å². The Kier molecular flexibility index (Phi) is 2.80. The van der Waals surface area contributed by atoms with Crippen molar-refractivity contribution in [1.29, 1.82) is 0 Å². The highest BCUT2D eigenvalue weighted by molar-refractivity contribution is 7.22. The van der Waals surface area contributed by atoms with Crippen molar-refractivity contribution in [2.75, 3.05) is 0 Å². The van der Waals surface area contributed by atoms with Crippen molar-refractivity contribution in [3.63, 3.8) is 0 Å². The quantitative estimate of drug-likeness (QED) is 0.502. The largest absolute Gasteiger partial charge is 0.311 e. The molecule has 4 aromatic rings. The molecule has 0 aliphatic heterocycles. The summed E-state index contributed by atoms with van der Waals surface area (Å²) in [4.78, 5) is 14.4. The minimum absolute atomic E-state index is 0.0770. The van der Waals surface area contributed by atoms with Gasteiger partial charge in [0, 0.05) is 4.70 Å². The van der Waals surface area contributed by atoms with Crippen LogP contribution in [0.1, 0.15) is 0 Å². The lowest BCUT2D eigenvalue weighted by atomic mass is 10.2. The second kappa shape index (κ2) is 4.70. The molecule has 108 valence electrons. The maximum absolute atomic E-state index is 13.6. The highest BCUT2D eigenvalue weighted by Crippen LogP contribution is 2.34. The summed E-state index contributed by atoms with van der Waals surface area (Å²) in [7, 11) is 0. The van der Waals surface area contributed by atoms with E-state index in [4.69, 9.17) is 0 Å². The molecule has 3 aromatic heterocycles. The average molecular weight is 318 g/mol. The van der Waals surface area contributed by atoms with Gasteiger partial charge < -0.3 is 0 Å². The average Bonchev–Trinajstić information content (AvgIpc) is 2.92. The molecule has 0 atom stereocenters. The molecule has 0 saturated heterocycles. The van der Waals surface area contributed by atoms with Crippen LogP contribution < -0.4 is 0 Å². The molecule has 0 radical (unpaired) electrons. The third kappa shape index (κ3) is 2.00. The van der Waals surface area contributed by atoms with Crippen LogP contribution in [0.25, 0.3) is 31.8 Å². The molecule has 0 spiro atoms. The number of hydrogen-bond donors (Lipinski definition) is 0. The van der Waals surface area contributed by atoms with Gasteiger partial charge in [-0.2, -0.15) is 28.1 Å². The van der Waals surface area contributed by atoms with Gasteiger partial charge in [-0.3, -0.25) is 0 Å². The molecule has 0 bridgehead atoms. The number of nitrogens with zero attached hydrogens (tertiary/aromatic N) is 4. The monoisotopic (exact) mass is 318 g/mol. The van der Waals surface area contributed by atoms with E-state index in [0.717, 1.165) is 10.1 Å². The number of hydrogen-bond acceptors (Lipinski definition) is 5. The van der Waals surface area contributed by atoms with E-state index in [2.05, 4.69) is 19.9 Å². The van der Waals surface area contributed by atoms with Crippen LogP contribution in [0.15, 0.2) is 30.3 Å². The molecule has 0 saturated carbocycles. The maximum Gasteiger partial charge on any atom is 0.311 e. The van der Waals surface area contributed by atoms with Crippen molar-refractivity contribution < 1.29 is 13.2 Å². The molecule has 4 rings (SSSR count).